The Morgan fingerprint density at radius 2 is 2.18 bits per heavy atom. The van der Waals surface area contributed by atoms with Gasteiger partial charge in [0.15, 0.2) is 11.4 Å². The Balaban J connectivity index is 2.36. The summed E-state index contributed by atoms with van der Waals surface area (Å²) in [6.07, 6.45) is 2.14. The van der Waals surface area contributed by atoms with Crippen molar-refractivity contribution in [2.75, 3.05) is 0 Å². The molecule has 0 radical (unpaired) electrons. The van der Waals surface area contributed by atoms with Crippen LogP contribution in [-0.4, -0.2) is 16.3 Å². The molecule has 1 aromatic carbocycles. The summed E-state index contributed by atoms with van der Waals surface area (Å²) >= 11 is 1.17. The fourth-order valence-corrected chi connectivity index (χ4v) is 2.20. The first kappa shape index (κ1) is 11.7. The molecule has 2 rings (SSSR count). The van der Waals surface area contributed by atoms with E-state index in [1.165, 1.54) is 17.8 Å². The van der Waals surface area contributed by atoms with E-state index in [0.29, 0.717) is 16.3 Å². The molecule has 0 amide bonds. The highest BCUT2D eigenvalue weighted by molar-refractivity contribution is 7.99. The smallest absolute Gasteiger partial charge is 0.192 e. The van der Waals surface area contributed by atoms with Crippen LogP contribution in [-0.2, 0) is 0 Å². The molecule has 3 nitrogen and oxygen atoms in total. The van der Waals surface area contributed by atoms with Crippen LogP contribution in [0.5, 0.6) is 0 Å². The lowest BCUT2D eigenvalue weighted by Crippen LogP contribution is -1.93. The largest absolute Gasteiger partial charge is 0.298 e. The van der Waals surface area contributed by atoms with E-state index in [1.54, 1.807) is 24.4 Å². The van der Waals surface area contributed by atoms with Gasteiger partial charge in [-0.1, -0.05) is 6.07 Å². The van der Waals surface area contributed by atoms with Crippen molar-refractivity contribution in [2.24, 2.45) is 0 Å². The second-order valence-electron chi connectivity index (χ2n) is 3.35. The molecule has 0 saturated carbocycles. The molecule has 86 valence electrons. The van der Waals surface area contributed by atoms with Gasteiger partial charge in [0, 0.05) is 16.8 Å². The number of rotatable bonds is 3. The number of benzene rings is 1. The number of aldehydes is 1. The topological polar surface area (TPSA) is 42.9 Å². The summed E-state index contributed by atoms with van der Waals surface area (Å²) in [6, 6.07) is 6.25. The van der Waals surface area contributed by atoms with Crippen LogP contribution in [0.3, 0.4) is 0 Å². The number of aromatic nitrogens is 2. The lowest BCUT2D eigenvalue weighted by Gasteiger charge is -2.04. The second kappa shape index (κ2) is 5.05. The molecular formula is C12H9FN2OS. The average molecular weight is 248 g/mol. The molecule has 0 N–H and O–H groups in total. The summed E-state index contributed by atoms with van der Waals surface area (Å²) in [6.45, 7) is 1.85. The zero-order valence-electron chi connectivity index (χ0n) is 9.05. The Morgan fingerprint density at radius 1 is 1.35 bits per heavy atom. The van der Waals surface area contributed by atoms with E-state index in [9.17, 15) is 9.18 Å². The zero-order chi connectivity index (χ0) is 12.3. The van der Waals surface area contributed by atoms with Crippen molar-refractivity contribution in [3.05, 3.63) is 47.5 Å². The molecule has 0 unspecified atom stereocenters. The van der Waals surface area contributed by atoms with Gasteiger partial charge in [0.25, 0.3) is 0 Å². The van der Waals surface area contributed by atoms with E-state index < -0.39 is 5.82 Å². The molecule has 17 heavy (non-hydrogen) atoms. The normalized spacial score (nSPS) is 10.2. The van der Waals surface area contributed by atoms with Crippen molar-refractivity contribution >= 4 is 18.0 Å². The Labute approximate surface area is 102 Å². The van der Waals surface area contributed by atoms with Gasteiger partial charge in [-0.05, 0) is 36.9 Å². The van der Waals surface area contributed by atoms with Gasteiger partial charge in [-0.15, -0.1) is 0 Å². The minimum absolute atomic E-state index is 0.0441. The van der Waals surface area contributed by atoms with Gasteiger partial charge in [0.2, 0.25) is 0 Å². The maximum absolute atomic E-state index is 13.3. The van der Waals surface area contributed by atoms with Gasteiger partial charge in [-0.25, -0.2) is 14.4 Å². The summed E-state index contributed by atoms with van der Waals surface area (Å²) in [7, 11) is 0. The van der Waals surface area contributed by atoms with Gasteiger partial charge in [-0.2, -0.15) is 0 Å². The van der Waals surface area contributed by atoms with Crippen LogP contribution in [0.25, 0.3) is 0 Å². The molecule has 5 heteroatoms. The standard InChI is InChI=1S/C12H9FN2OS/c1-8-5-6-14-12(15-8)17-11-4-2-3-10(13)9(11)7-16/h2-7H,1H3. The fourth-order valence-electron chi connectivity index (χ4n) is 1.29. The third kappa shape index (κ3) is 2.68. The Morgan fingerprint density at radius 3 is 2.88 bits per heavy atom. The molecule has 1 aromatic heterocycles. The van der Waals surface area contributed by atoms with Gasteiger partial charge in [-0.3, -0.25) is 4.79 Å². The van der Waals surface area contributed by atoms with Crippen molar-refractivity contribution in [2.45, 2.75) is 17.0 Å². The van der Waals surface area contributed by atoms with Crippen LogP contribution in [0.4, 0.5) is 4.39 Å². The fraction of sp³-hybridized carbons (Fsp3) is 0.0833. The van der Waals surface area contributed by atoms with E-state index in [0.717, 1.165) is 5.69 Å². The van der Waals surface area contributed by atoms with Crippen LogP contribution in [0.15, 0.2) is 40.5 Å². The van der Waals surface area contributed by atoms with Crippen molar-refractivity contribution in [3.63, 3.8) is 0 Å². The van der Waals surface area contributed by atoms with E-state index >= 15 is 0 Å². The summed E-state index contributed by atoms with van der Waals surface area (Å²) < 4.78 is 13.3. The molecule has 0 atom stereocenters. The molecular weight excluding hydrogens is 239 g/mol. The molecule has 0 saturated heterocycles. The third-order valence-electron chi connectivity index (χ3n) is 2.10. The van der Waals surface area contributed by atoms with E-state index in [-0.39, 0.29) is 5.56 Å². The minimum Gasteiger partial charge on any atom is -0.298 e. The second-order valence-corrected chi connectivity index (χ2v) is 4.36. The average Bonchev–Trinajstić information content (AvgIpc) is 2.29. The van der Waals surface area contributed by atoms with Crippen LogP contribution >= 0.6 is 11.8 Å². The highest BCUT2D eigenvalue weighted by Crippen LogP contribution is 2.28. The highest BCUT2D eigenvalue weighted by atomic mass is 32.2. The monoisotopic (exact) mass is 248 g/mol. The number of aryl methyl sites for hydroxylation is 1. The highest BCUT2D eigenvalue weighted by Gasteiger charge is 2.10. The third-order valence-corrected chi connectivity index (χ3v) is 3.06. The molecule has 1 heterocycles. The molecule has 0 aliphatic heterocycles. The van der Waals surface area contributed by atoms with Gasteiger partial charge < -0.3 is 0 Å². The Kier molecular flexibility index (Phi) is 3.49. The van der Waals surface area contributed by atoms with E-state index in [1.807, 2.05) is 6.92 Å². The lowest BCUT2D eigenvalue weighted by atomic mass is 10.2. The van der Waals surface area contributed by atoms with Crippen molar-refractivity contribution in [1.29, 1.82) is 0 Å². The van der Waals surface area contributed by atoms with E-state index in [2.05, 4.69) is 9.97 Å². The minimum atomic E-state index is -0.530. The lowest BCUT2D eigenvalue weighted by molar-refractivity contribution is 0.111. The molecule has 2 aromatic rings. The van der Waals surface area contributed by atoms with Crippen molar-refractivity contribution < 1.29 is 9.18 Å². The molecule has 0 fully saturated rings. The number of hydrogen-bond donors (Lipinski definition) is 0. The summed E-state index contributed by atoms with van der Waals surface area (Å²) in [5.74, 6) is -0.530. The summed E-state index contributed by atoms with van der Waals surface area (Å²) in [5.41, 5.74) is 0.870. The molecule has 0 aliphatic carbocycles. The van der Waals surface area contributed by atoms with Crippen molar-refractivity contribution in [1.82, 2.24) is 9.97 Å². The number of nitrogens with zero attached hydrogens (tertiary/aromatic N) is 2. The number of halogens is 1. The first-order chi connectivity index (χ1) is 8.20. The SMILES string of the molecule is Cc1ccnc(Sc2cccc(F)c2C=O)n1. The predicted molar refractivity (Wildman–Crippen MR) is 62.7 cm³/mol. The maximum Gasteiger partial charge on any atom is 0.192 e. The molecule has 0 aliphatic rings. The number of carbonyl (C=O) groups excluding carboxylic acids is 1. The maximum atomic E-state index is 13.3. The van der Waals surface area contributed by atoms with Gasteiger partial charge in [0.1, 0.15) is 5.82 Å². The number of hydrogen-bond acceptors (Lipinski definition) is 4. The Hall–Kier alpha value is -1.75. The summed E-state index contributed by atoms with van der Waals surface area (Å²) in [4.78, 5) is 19.6. The molecule has 0 spiro atoms. The van der Waals surface area contributed by atoms with Crippen LogP contribution in [0.2, 0.25) is 0 Å². The van der Waals surface area contributed by atoms with Crippen molar-refractivity contribution in [3.8, 4) is 0 Å². The Bertz CT molecular complexity index is 560. The number of carbonyl (C=O) groups is 1. The van der Waals surface area contributed by atoms with E-state index in [4.69, 9.17) is 0 Å². The quantitative estimate of drug-likeness (QED) is 0.618. The predicted octanol–water partition coefficient (Wildman–Crippen LogP) is 2.89. The summed E-state index contributed by atoms with van der Waals surface area (Å²) in [5, 5.41) is 0.499. The van der Waals surface area contributed by atoms with Crippen LogP contribution in [0.1, 0.15) is 16.1 Å². The van der Waals surface area contributed by atoms with Gasteiger partial charge in [0.05, 0.1) is 5.56 Å². The van der Waals surface area contributed by atoms with Crippen LogP contribution < -0.4 is 0 Å². The van der Waals surface area contributed by atoms with Crippen LogP contribution in [0, 0.1) is 12.7 Å². The zero-order valence-corrected chi connectivity index (χ0v) is 9.87. The first-order valence-electron chi connectivity index (χ1n) is 4.92. The van der Waals surface area contributed by atoms with Gasteiger partial charge >= 0.3 is 0 Å². The first-order valence-corrected chi connectivity index (χ1v) is 5.73. The molecule has 0 bridgehead atoms.